The van der Waals surface area contributed by atoms with Crippen LogP contribution in [0.4, 0.5) is 0 Å². The van der Waals surface area contributed by atoms with E-state index in [0.717, 1.165) is 17.0 Å². The number of rotatable bonds is 3. The van der Waals surface area contributed by atoms with Gasteiger partial charge in [-0.1, -0.05) is 91.0 Å². The summed E-state index contributed by atoms with van der Waals surface area (Å²) in [4.78, 5) is 16.2. The molecule has 0 saturated heterocycles. The minimum Gasteiger partial charge on any atom is -0.208 e. The molecule has 3 aromatic carbocycles. The average molecular weight is 543 g/mol. The fourth-order valence-electron chi connectivity index (χ4n) is 4.30. The highest BCUT2D eigenvalue weighted by Gasteiger charge is 2.39. The van der Waals surface area contributed by atoms with E-state index in [9.17, 15) is 0 Å². The van der Waals surface area contributed by atoms with Gasteiger partial charge >= 0.3 is 0 Å². The Morgan fingerprint density at radius 2 is 1.22 bits per heavy atom. The fraction of sp³-hybridized carbons (Fsp3) is 0.0741. The van der Waals surface area contributed by atoms with E-state index in [0.29, 0.717) is 16.9 Å². The van der Waals surface area contributed by atoms with Gasteiger partial charge in [0, 0.05) is 36.3 Å². The standard InChI is InChI=1S/C27H18IN3S/c28-20-15-16-22-23(19-13-7-8-14-21(19)32-22)24(20)27-30-25(17-9-3-1-4-10-17)29-26(31-27)18-11-5-2-6-12-18/h1-16,22-23H. The van der Waals surface area contributed by atoms with E-state index in [2.05, 4.69) is 83.3 Å². The summed E-state index contributed by atoms with van der Waals surface area (Å²) in [6.07, 6.45) is 4.53. The van der Waals surface area contributed by atoms with E-state index < -0.39 is 0 Å². The number of hydrogen-bond donors (Lipinski definition) is 0. The third-order valence-corrected chi connectivity index (χ3v) is 8.05. The van der Waals surface area contributed by atoms with Crippen LogP contribution in [0, 0.1) is 0 Å². The van der Waals surface area contributed by atoms with E-state index in [1.54, 1.807) is 0 Å². The molecule has 4 aromatic rings. The van der Waals surface area contributed by atoms with Crippen LogP contribution in [0.2, 0.25) is 0 Å². The molecule has 2 aliphatic rings. The Labute approximate surface area is 204 Å². The van der Waals surface area contributed by atoms with Gasteiger partial charge < -0.3 is 0 Å². The number of nitrogens with zero attached hydrogens (tertiary/aromatic N) is 3. The van der Waals surface area contributed by atoms with Gasteiger partial charge in [0.2, 0.25) is 0 Å². The third-order valence-electron chi connectivity index (χ3n) is 5.79. The molecule has 5 heteroatoms. The Morgan fingerprint density at radius 3 is 1.88 bits per heavy atom. The first-order valence-corrected chi connectivity index (χ1v) is 12.4. The highest BCUT2D eigenvalue weighted by Crippen LogP contribution is 2.54. The number of halogens is 1. The number of allylic oxidation sites excluding steroid dienone is 3. The summed E-state index contributed by atoms with van der Waals surface area (Å²) in [6, 6.07) is 29.0. The normalized spacial score (nSPS) is 19.0. The van der Waals surface area contributed by atoms with Crippen LogP contribution in [0.25, 0.3) is 28.3 Å². The lowest BCUT2D eigenvalue weighted by Gasteiger charge is -2.25. The number of fused-ring (bicyclic) bond motifs is 3. The van der Waals surface area contributed by atoms with Crippen LogP contribution in [0.3, 0.4) is 0 Å². The lowest BCUT2D eigenvalue weighted by Crippen LogP contribution is -2.16. The van der Waals surface area contributed by atoms with Gasteiger partial charge in [0.05, 0.1) is 0 Å². The Kier molecular flexibility index (Phi) is 5.15. The second kappa shape index (κ2) is 8.30. The molecule has 32 heavy (non-hydrogen) atoms. The van der Waals surface area contributed by atoms with Crippen molar-refractivity contribution >= 4 is 39.9 Å². The summed E-state index contributed by atoms with van der Waals surface area (Å²) in [7, 11) is 0. The molecule has 2 atom stereocenters. The monoisotopic (exact) mass is 543 g/mol. The van der Waals surface area contributed by atoms with Gasteiger partial charge in [-0.15, -0.1) is 11.8 Å². The first-order chi connectivity index (χ1) is 15.8. The van der Waals surface area contributed by atoms with Gasteiger partial charge in [-0.25, -0.2) is 15.0 Å². The predicted molar refractivity (Wildman–Crippen MR) is 140 cm³/mol. The molecule has 0 amide bonds. The molecule has 0 N–H and O–H groups in total. The molecule has 1 aromatic heterocycles. The van der Waals surface area contributed by atoms with Crippen LogP contribution in [-0.2, 0) is 0 Å². The minimum absolute atomic E-state index is 0.239. The molecule has 1 aliphatic heterocycles. The third kappa shape index (κ3) is 3.49. The zero-order valence-corrected chi connectivity index (χ0v) is 20.0. The second-order valence-electron chi connectivity index (χ2n) is 7.76. The summed E-state index contributed by atoms with van der Waals surface area (Å²) in [5.74, 6) is 2.41. The lowest BCUT2D eigenvalue weighted by atomic mass is 9.84. The van der Waals surface area contributed by atoms with Crippen LogP contribution in [0.15, 0.2) is 106 Å². The van der Waals surface area contributed by atoms with Crippen molar-refractivity contribution in [2.24, 2.45) is 0 Å². The van der Waals surface area contributed by atoms with Gasteiger partial charge in [-0.05, 0) is 34.2 Å². The highest BCUT2D eigenvalue weighted by molar-refractivity contribution is 14.1. The molecule has 0 saturated carbocycles. The fourth-order valence-corrected chi connectivity index (χ4v) is 6.44. The van der Waals surface area contributed by atoms with Crippen molar-refractivity contribution in [2.75, 3.05) is 0 Å². The molecule has 1 aliphatic carbocycles. The first kappa shape index (κ1) is 19.9. The maximum absolute atomic E-state index is 5.01. The van der Waals surface area contributed by atoms with E-state index in [1.165, 1.54) is 19.6 Å². The molecule has 154 valence electrons. The van der Waals surface area contributed by atoms with Crippen LogP contribution in [0.1, 0.15) is 17.3 Å². The van der Waals surface area contributed by atoms with E-state index in [-0.39, 0.29) is 5.92 Å². The minimum atomic E-state index is 0.239. The van der Waals surface area contributed by atoms with E-state index in [4.69, 9.17) is 15.0 Å². The molecular formula is C27H18IN3S. The smallest absolute Gasteiger partial charge is 0.164 e. The van der Waals surface area contributed by atoms with Gasteiger partial charge in [0.15, 0.2) is 17.5 Å². The summed E-state index contributed by atoms with van der Waals surface area (Å²) in [5.41, 5.74) is 4.53. The molecule has 2 unspecified atom stereocenters. The van der Waals surface area contributed by atoms with Gasteiger partial charge in [-0.2, -0.15) is 0 Å². The van der Waals surface area contributed by atoms with Crippen molar-refractivity contribution in [2.45, 2.75) is 16.1 Å². The number of hydrogen-bond acceptors (Lipinski definition) is 4. The van der Waals surface area contributed by atoms with Gasteiger partial charge in [0.1, 0.15) is 0 Å². The van der Waals surface area contributed by atoms with Crippen molar-refractivity contribution in [3.05, 3.63) is 112 Å². The van der Waals surface area contributed by atoms with Crippen molar-refractivity contribution in [3.8, 4) is 22.8 Å². The lowest BCUT2D eigenvalue weighted by molar-refractivity contribution is 0.875. The summed E-state index contributed by atoms with van der Waals surface area (Å²) in [5, 5.41) is 0.359. The van der Waals surface area contributed by atoms with E-state index in [1.807, 2.05) is 48.2 Å². The molecule has 0 bridgehead atoms. The molecule has 0 spiro atoms. The zero-order chi connectivity index (χ0) is 21.5. The summed E-state index contributed by atoms with van der Waals surface area (Å²) < 4.78 is 1.19. The summed E-state index contributed by atoms with van der Waals surface area (Å²) in [6.45, 7) is 0. The SMILES string of the molecule is IC1=C(c2nc(-c3ccccc3)nc(-c3ccccc3)n2)C2c3ccccc3SC2C=C1. The van der Waals surface area contributed by atoms with Crippen molar-refractivity contribution in [1.29, 1.82) is 0 Å². The Hall–Kier alpha value is -2.77. The molecule has 3 nitrogen and oxygen atoms in total. The van der Waals surface area contributed by atoms with Gasteiger partial charge in [-0.3, -0.25) is 0 Å². The van der Waals surface area contributed by atoms with E-state index >= 15 is 0 Å². The highest BCUT2D eigenvalue weighted by atomic mass is 127. The average Bonchev–Trinajstić information content (AvgIpc) is 3.23. The Morgan fingerprint density at radius 1 is 0.656 bits per heavy atom. The second-order valence-corrected chi connectivity index (χ2v) is 10.1. The first-order valence-electron chi connectivity index (χ1n) is 10.5. The van der Waals surface area contributed by atoms with Crippen LogP contribution in [-0.4, -0.2) is 20.2 Å². The molecule has 0 radical (unpaired) electrons. The molecule has 6 rings (SSSR count). The molecule has 0 fully saturated rings. The van der Waals surface area contributed by atoms with Crippen molar-refractivity contribution in [3.63, 3.8) is 0 Å². The topological polar surface area (TPSA) is 38.7 Å². The Bertz CT molecular complexity index is 1310. The zero-order valence-electron chi connectivity index (χ0n) is 17.0. The maximum Gasteiger partial charge on any atom is 0.164 e. The van der Waals surface area contributed by atoms with Crippen molar-refractivity contribution < 1.29 is 0 Å². The number of benzene rings is 3. The van der Waals surface area contributed by atoms with Crippen LogP contribution >= 0.6 is 34.4 Å². The predicted octanol–water partition coefficient (Wildman–Crippen LogP) is 7.18. The van der Waals surface area contributed by atoms with Gasteiger partial charge in [0.25, 0.3) is 0 Å². The number of thioether (sulfide) groups is 1. The van der Waals surface area contributed by atoms with Crippen LogP contribution < -0.4 is 0 Å². The van der Waals surface area contributed by atoms with Crippen molar-refractivity contribution in [1.82, 2.24) is 15.0 Å². The van der Waals surface area contributed by atoms with Crippen LogP contribution in [0.5, 0.6) is 0 Å². The maximum atomic E-state index is 5.01. The number of aromatic nitrogens is 3. The Balaban J connectivity index is 1.57. The molecular weight excluding hydrogens is 525 g/mol. The molecule has 2 heterocycles. The quantitative estimate of drug-likeness (QED) is 0.257. The largest absolute Gasteiger partial charge is 0.208 e. The summed E-state index contributed by atoms with van der Waals surface area (Å²) >= 11 is 4.36.